The quantitative estimate of drug-likeness (QED) is 0.473. The highest BCUT2D eigenvalue weighted by molar-refractivity contribution is 4.57. The van der Waals surface area contributed by atoms with Crippen LogP contribution in [0.25, 0.3) is 0 Å². The van der Waals surface area contributed by atoms with E-state index in [0.29, 0.717) is 0 Å². The zero-order valence-corrected chi connectivity index (χ0v) is 7.62. The fourth-order valence-corrected chi connectivity index (χ4v) is 0. The van der Waals surface area contributed by atoms with Gasteiger partial charge in [0.25, 0.3) is 6.08 Å². The first-order chi connectivity index (χ1) is 5.73. The van der Waals surface area contributed by atoms with Gasteiger partial charge in [0.15, 0.2) is 0 Å². The van der Waals surface area contributed by atoms with Crippen molar-refractivity contribution in [2.45, 2.75) is 0 Å². The van der Waals surface area contributed by atoms with Crippen LogP contribution in [0.5, 0.6) is 0 Å². The second-order valence-electron chi connectivity index (χ2n) is 0.339. The molecule has 0 nitrogen and oxygen atoms in total. The second-order valence-corrected chi connectivity index (χ2v) is 0.339. The van der Waals surface area contributed by atoms with Gasteiger partial charge in [-0.15, -0.1) is 52.6 Å². The lowest BCUT2D eigenvalue weighted by atomic mass is 11.2. The summed E-state index contributed by atoms with van der Waals surface area (Å²) in [4.78, 5) is 0. The number of rotatable bonds is 0. The van der Waals surface area contributed by atoms with E-state index in [0.717, 1.165) is 0 Å². The normalized spacial score (nSPS) is 3.50. The maximum Gasteiger partial charge on any atom is 0.263 e. The Labute approximate surface area is 74.9 Å². The molecular weight excluding hydrogens is 158 g/mol. The topological polar surface area (TPSA) is 0 Å². The molecule has 0 aliphatic heterocycles. The maximum absolute atomic E-state index is 10.1. The molecule has 0 spiro atoms. The third-order valence-corrected chi connectivity index (χ3v) is 0. The van der Waals surface area contributed by atoms with Crippen molar-refractivity contribution >= 4 is 0 Å². The van der Waals surface area contributed by atoms with Crippen LogP contribution in [0.4, 0.5) is 8.78 Å². The van der Waals surface area contributed by atoms with Crippen molar-refractivity contribution in [2.75, 3.05) is 0 Å². The van der Waals surface area contributed by atoms with Gasteiger partial charge < -0.3 is 0 Å². The van der Waals surface area contributed by atoms with E-state index in [2.05, 4.69) is 59.2 Å². The molecule has 0 aliphatic carbocycles. The standard InChI is InChI=1S/C2H2F2.4C2H4/c1-2(3)4;4*1-2/h1H2;4*1-2H2. The van der Waals surface area contributed by atoms with Gasteiger partial charge in [0.1, 0.15) is 0 Å². The molecule has 0 aromatic carbocycles. The molecule has 0 unspecified atom stereocenters. The predicted molar refractivity (Wildman–Crippen MR) is 56.4 cm³/mol. The smallest absolute Gasteiger partial charge is 0.174 e. The lowest BCUT2D eigenvalue weighted by Crippen LogP contribution is -1.33. The number of hydrogen-bond donors (Lipinski definition) is 0. The zero-order valence-electron chi connectivity index (χ0n) is 7.62. The van der Waals surface area contributed by atoms with Crippen molar-refractivity contribution in [2.24, 2.45) is 0 Å². The van der Waals surface area contributed by atoms with Crippen molar-refractivity contribution in [3.63, 3.8) is 0 Å². The Morgan fingerprint density at radius 1 is 0.583 bits per heavy atom. The van der Waals surface area contributed by atoms with Crippen LogP contribution < -0.4 is 0 Å². The van der Waals surface area contributed by atoms with E-state index in [-0.39, 0.29) is 0 Å². The Kier molecular flexibility index (Phi) is 749. The van der Waals surface area contributed by atoms with E-state index >= 15 is 0 Å². The molecule has 0 N–H and O–H groups in total. The lowest BCUT2D eigenvalue weighted by molar-refractivity contribution is 0.426. The number of halogens is 2. The molecular formula is C10H18F2. The third-order valence-electron chi connectivity index (χ3n) is 0. The van der Waals surface area contributed by atoms with Crippen molar-refractivity contribution in [3.8, 4) is 0 Å². The minimum Gasteiger partial charge on any atom is -0.174 e. The summed E-state index contributed by atoms with van der Waals surface area (Å²) in [6.07, 6.45) is -1.83. The van der Waals surface area contributed by atoms with Crippen LogP contribution in [0.3, 0.4) is 0 Å². The third kappa shape index (κ3) is 236. The van der Waals surface area contributed by atoms with Crippen LogP contribution in [0.15, 0.2) is 65.3 Å². The summed E-state index contributed by atoms with van der Waals surface area (Å²) in [7, 11) is 0. The highest BCUT2D eigenvalue weighted by Gasteiger charge is 1.65. The van der Waals surface area contributed by atoms with Gasteiger partial charge in [-0.2, -0.15) is 8.78 Å². The summed E-state index contributed by atoms with van der Waals surface area (Å²) < 4.78 is 20.3. The van der Waals surface area contributed by atoms with Gasteiger partial charge >= 0.3 is 0 Å². The average molecular weight is 176 g/mol. The van der Waals surface area contributed by atoms with Crippen molar-refractivity contribution in [1.29, 1.82) is 0 Å². The van der Waals surface area contributed by atoms with Gasteiger partial charge in [0.05, 0.1) is 0 Å². The van der Waals surface area contributed by atoms with E-state index in [1.165, 1.54) is 0 Å². The Balaban J connectivity index is -0.0000000181. The minimum absolute atomic E-state index is 1.83. The maximum atomic E-state index is 10.1. The monoisotopic (exact) mass is 176 g/mol. The highest BCUT2D eigenvalue weighted by Crippen LogP contribution is 1.85. The van der Waals surface area contributed by atoms with Crippen LogP contribution in [-0.4, -0.2) is 0 Å². The Morgan fingerprint density at radius 2 is 0.583 bits per heavy atom. The second kappa shape index (κ2) is 288. The highest BCUT2D eigenvalue weighted by atomic mass is 19.3. The van der Waals surface area contributed by atoms with Crippen LogP contribution in [0.2, 0.25) is 0 Å². The summed E-state index contributed by atoms with van der Waals surface area (Å²) in [6.45, 7) is 26.2. The zero-order chi connectivity index (χ0) is 11.6. The fraction of sp³-hybridized carbons (Fsp3) is 0. The summed E-state index contributed by atoms with van der Waals surface area (Å²) in [5, 5.41) is 0. The molecule has 0 saturated heterocycles. The molecule has 0 radical (unpaired) electrons. The molecule has 12 heavy (non-hydrogen) atoms. The molecule has 0 fully saturated rings. The SMILES string of the molecule is C=C.C=C.C=C.C=C.C=C(F)F. The molecule has 0 aromatic heterocycles. The number of hydrogen-bond acceptors (Lipinski definition) is 0. The van der Waals surface area contributed by atoms with Gasteiger partial charge in [-0.1, -0.05) is 0 Å². The van der Waals surface area contributed by atoms with E-state index < -0.39 is 6.08 Å². The molecule has 2 heteroatoms. The van der Waals surface area contributed by atoms with Gasteiger partial charge in [-0.3, -0.25) is 0 Å². The Bertz CT molecular complexity index is 58.2. The first-order valence-electron chi connectivity index (χ1n) is 2.73. The largest absolute Gasteiger partial charge is 0.263 e. The van der Waals surface area contributed by atoms with E-state index in [1.54, 1.807) is 0 Å². The summed E-state index contributed by atoms with van der Waals surface area (Å²) in [5.41, 5.74) is 0. The predicted octanol–water partition coefficient (Wildman–Crippen LogP) is 4.61. The molecule has 0 atom stereocenters. The summed E-state index contributed by atoms with van der Waals surface area (Å²) >= 11 is 0. The van der Waals surface area contributed by atoms with Crippen molar-refractivity contribution in [3.05, 3.63) is 65.3 Å². The summed E-state index contributed by atoms with van der Waals surface area (Å²) in [5.74, 6) is 0. The summed E-state index contributed by atoms with van der Waals surface area (Å²) in [6, 6.07) is 0. The van der Waals surface area contributed by atoms with Crippen molar-refractivity contribution in [1.82, 2.24) is 0 Å². The van der Waals surface area contributed by atoms with Gasteiger partial charge in [0, 0.05) is 0 Å². The average Bonchev–Trinajstić information content (AvgIpc) is 2.16. The molecule has 0 amide bonds. The first-order valence-corrected chi connectivity index (χ1v) is 2.73. The van der Waals surface area contributed by atoms with Crippen LogP contribution in [-0.2, 0) is 0 Å². The molecule has 0 aromatic rings. The Hall–Kier alpha value is -1.44. The molecule has 72 valence electrons. The minimum atomic E-state index is -1.83. The molecule has 0 saturated carbocycles. The Morgan fingerprint density at radius 3 is 0.583 bits per heavy atom. The fourth-order valence-electron chi connectivity index (χ4n) is 0. The van der Waals surface area contributed by atoms with Gasteiger partial charge in [0.2, 0.25) is 0 Å². The van der Waals surface area contributed by atoms with Crippen LogP contribution in [0, 0.1) is 0 Å². The van der Waals surface area contributed by atoms with Crippen LogP contribution in [0.1, 0.15) is 0 Å². The van der Waals surface area contributed by atoms with Gasteiger partial charge in [-0.05, 0) is 6.58 Å². The van der Waals surface area contributed by atoms with Crippen LogP contribution >= 0.6 is 0 Å². The van der Waals surface area contributed by atoms with Crippen molar-refractivity contribution < 1.29 is 8.78 Å². The molecule has 0 rings (SSSR count). The van der Waals surface area contributed by atoms with E-state index in [4.69, 9.17) is 0 Å². The van der Waals surface area contributed by atoms with E-state index in [1.807, 2.05) is 0 Å². The first kappa shape index (κ1) is 31.2. The van der Waals surface area contributed by atoms with E-state index in [9.17, 15) is 8.78 Å². The molecule has 0 bridgehead atoms. The molecule has 0 heterocycles. The van der Waals surface area contributed by atoms with Gasteiger partial charge in [-0.25, -0.2) is 0 Å². The lowest BCUT2D eigenvalue weighted by Gasteiger charge is -1.54. The molecule has 0 aliphatic rings.